The van der Waals surface area contributed by atoms with Gasteiger partial charge in [0, 0.05) is 16.1 Å². The molecule has 1 aliphatic rings. The van der Waals surface area contributed by atoms with Gasteiger partial charge in [0.15, 0.2) is 17.6 Å². The number of hydrogen-bond acceptors (Lipinski definition) is 7. The number of nitrogens with one attached hydrogen (secondary N) is 1. The summed E-state index contributed by atoms with van der Waals surface area (Å²) in [6.07, 6.45) is -0.973. The second-order valence-electron chi connectivity index (χ2n) is 6.16. The monoisotopic (exact) mass is 416 g/mol. The standard InChI is InChI=1S/C20H20N2O6S/c1-12(20(25)22-14-4-2-13(3-5-14)19(21)24)28-18(23)11-29-15-6-7-16-17(10-15)27-9-8-26-16/h2-7,10,12H,8-9,11H2,1H3,(H2,21,24)(H,22,25)/t12-/m1/s1. The minimum absolute atomic E-state index is 0.0462. The van der Waals surface area contributed by atoms with E-state index in [1.807, 2.05) is 6.07 Å². The number of anilines is 1. The predicted molar refractivity (Wildman–Crippen MR) is 107 cm³/mol. The average Bonchev–Trinajstić information content (AvgIpc) is 2.72. The van der Waals surface area contributed by atoms with Gasteiger partial charge in [-0.2, -0.15) is 0 Å². The van der Waals surface area contributed by atoms with Crippen LogP contribution in [0.3, 0.4) is 0 Å². The van der Waals surface area contributed by atoms with Crippen LogP contribution in [0.25, 0.3) is 0 Å². The van der Waals surface area contributed by atoms with Crippen LogP contribution in [-0.2, 0) is 14.3 Å². The van der Waals surface area contributed by atoms with E-state index in [1.54, 1.807) is 24.3 Å². The van der Waals surface area contributed by atoms with Gasteiger partial charge in [0.05, 0.1) is 5.75 Å². The van der Waals surface area contributed by atoms with Crippen molar-refractivity contribution in [3.8, 4) is 11.5 Å². The summed E-state index contributed by atoms with van der Waals surface area (Å²) in [6.45, 7) is 2.49. The molecule has 29 heavy (non-hydrogen) atoms. The molecule has 152 valence electrons. The van der Waals surface area contributed by atoms with Gasteiger partial charge in [0.25, 0.3) is 5.91 Å². The normalized spacial score (nSPS) is 13.3. The number of hydrogen-bond donors (Lipinski definition) is 2. The van der Waals surface area contributed by atoms with Crippen LogP contribution in [0, 0.1) is 0 Å². The minimum atomic E-state index is -0.973. The van der Waals surface area contributed by atoms with Crippen LogP contribution in [0.1, 0.15) is 17.3 Å². The Morgan fingerprint density at radius 1 is 1.10 bits per heavy atom. The summed E-state index contributed by atoms with van der Waals surface area (Å²) in [5.74, 6) is -0.182. The number of rotatable bonds is 7. The van der Waals surface area contributed by atoms with Gasteiger partial charge in [-0.1, -0.05) is 0 Å². The van der Waals surface area contributed by atoms with Crippen molar-refractivity contribution in [1.82, 2.24) is 0 Å². The van der Waals surface area contributed by atoms with E-state index < -0.39 is 23.9 Å². The van der Waals surface area contributed by atoms with Gasteiger partial charge < -0.3 is 25.3 Å². The largest absolute Gasteiger partial charge is 0.486 e. The summed E-state index contributed by atoms with van der Waals surface area (Å²) in [7, 11) is 0. The van der Waals surface area contributed by atoms with Crippen molar-refractivity contribution in [2.45, 2.75) is 17.9 Å². The molecule has 2 aromatic carbocycles. The van der Waals surface area contributed by atoms with Crippen LogP contribution in [0.4, 0.5) is 5.69 Å². The van der Waals surface area contributed by atoms with E-state index in [-0.39, 0.29) is 5.75 Å². The summed E-state index contributed by atoms with van der Waals surface area (Å²) in [6, 6.07) is 11.5. The van der Waals surface area contributed by atoms with Crippen molar-refractivity contribution >= 4 is 35.2 Å². The van der Waals surface area contributed by atoms with Gasteiger partial charge in [-0.15, -0.1) is 11.8 Å². The van der Waals surface area contributed by atoms with E-state index in [0.717, 1.165) is 4.90 Å². The molecule has 0 saturated carbocycles. The van der Waals surface area contributed by atoms with Crippen LogP contribution in [0.5, 0.6) is 11.5 Å². The summed E-state index contributed by atoms with van der Waals surface area (Å²) in [5.41, 5.74) is 5.97. The number of benzene rings is 2. The lowest BCUT2D eigenvalue weighted by Gasteiger charge is -2.18. The molecule has 2 aromatic rings. The summed E-state index contributed by atoms with van der Waals surface area (Å²) >= 11 is 1.28. The Balaban J connectivity index is 1.47. The lowest BCUT2D eigenvalue weighted by molar-refractivity contribution is -0.150. The first-order valence-corrected chi connectivity index (χ1v) is 9.83. The maximum Gasteiger partial charge on any atom is 0.317 e. The minimum Gasteiger partial charge on any atom is -0.486 e. The molecule has 0 fully saturated rings. The van der Waals surface area contributed by atoms with Gasteiger partial charge in [-0.25, -0.2) is 0 Å². The number of esters is 1. The third-order valence-electron chi connectivity index (χ3n) is 3.98. The molecular weight excluding hydrogens is 396 g/mol. The second kappa shape index (κ2) is 9.33. The average molecular weight is 416 g/mol. The first-order valence-electron chi connectivity index (χ1n) is 8.85. The predicted octanol–water partition coefficient (Wildman–Crippen LogP) is 2.22. The number of ether oxygens (including phenoxy) is 3. The van der Waals surface area contributed by atoms with E-state index >= 15 is 0 Å². The first kappa shape index (κ1) is 20.5. The Morgan fingerprint density at radius 3 is 2.48 bits per heavy atom. The van der Waals surface area contributed by atoms with Crippen LogP contribution in [0.2, 0.25) is 0 Å². The van der Waals surface area contributed by atoms with Crippen molar-refractivity contribution in [2.75, 3.05) is 24.3 Å². The zero-order valence-electron chi connectivity index (χ0n) is 15.7. The van der Waals surface area contributed by atoms with Crippen molar-refractivity contribution < 1.29 is 28.6 Å². The molecule has 0 bridgehead atoms. The molecule has 9 heteroatoms. The lowest BCUT2D eigenvalue weighted by atomic mass is 10.2. The highest BCUT2D eigenvalue weighted by molar-refractivity contribution is 8.00. The van der Waals surface area contributed by atoms with E-state index in [0.29, 0.717) is 36.0 Å². The Hall–Kier alpha value is -3.20. The number of carbonyl (C=O) groups is 3. The van der Waals surface area contributed by atoms with E-state index in [1.165, 1.54) is 30.8 Å². The van der Waals surface area contributed by atoms with Gasteiger partial charge in [-0.3, -0.25) is 14.4 Å². The SMILES string of the molecule is C[C@@H](OC(=O)CSc1ccc2c(c1)OCCO2)C(=O)Nc1ccc(C(N)=O)cc1. The highest BCUT2D eigenvalue weighted by Crippen LogP contribution is 2.34. The molecule has 3 N–H and O–H groups in total. The van der Waals surface area contributed by atoms with Crippen molar-refractivity contribution in [2.24, 2.45) is 5.73 Å². The first-order chi connectivity index (χ1) is 13.9. The Labute approximate surface area is 171 Å². The molecule has 1 heterocycles. The number of carbonyl (C=O) groups excluding carboxylic acids is 3. The molecule has 3 rings (SSSR count). The Bertz CT molecular complexity index is 916. The third kappa shape index (κ3) is 5.64. The molecule has 1 aliphatic heterocycles. The summed E-state index contributed by atoms with van der Waals surface area (Å²) < 4.78 is 16.1. The molecule has 0 unspecified atom stereocenters. The Morgan fingerprint density at radius 2 is 1.79 bits per heavy atom. The molecule has 8 nitrogen and oxygen atoms in total. The van der Waals surface area contributed by atoms with Crippen LogP contribution >= 0.6 is 11.8 Å². The quantitative estimate of drug-likeness (QED) is 0.525. The molecule has 1 atom stereocenters. The Kier molecular flexibility index (Phi) is 6.61. The zero-order chi connectivity index (χ0) is 20.8. The maximum absolute atomic E-state index is 12.2. The van der Waals surface area contributed by atoms with Crippen molar-refractivity contribution in [3.63, 3.8) is 0 Å². The van der Waals surface area contributed by atoms with Gasteiger partial charge in [-0.05, 0) is 49.4 Å². The van der Waals surface area contributed by atoms with Gasteiger partial charge in [0.2, 0.25) is 5.91 Å². The fourth-order valence-electron chi connectivity index (χ4n) is 2.50. The highest BCUT2D eigenvalue weighted by Gasteiger charge is 2.19. The zero-order valence-corrected chi connectivity index (χ0v) is 16.5. The number of fused-ring (bicyclic) bond motifs is 1. The molecule has 2 amide bonds. The van der Waals surface area contributed by atoms with Crippen LogP contribution in [0.15, 0.2) is 47.4 Å². The number of thioether (sulfide) groups is 1. The number of amides is 2. The molecule has 0 spiro atoms. The summed E-state index contributed by atoms with van der Waals surface area (Å²) in [5, 5.41) is 2.62. The molecule has 0 saturated heterocycles. The molecule has 0 aliphatic carbocycles. The molecular formula is C20H20N2O6S. The summed E-state index contributed by atoms with van der Waals surface area (Å²) in [4.78, 5) is 36.1. The van der Waals surface area contributed by atoms with Crippen LogP contribution < -0.4 is 20.5 Å². The third-order valence-corrected chi connectivity index (χ3v) is 4.95. The van der Waals surface area contributed by atoms with Crippen molar-refractivity contribution in [3.05, 3.63) is 48.0 Å². The smallest absolute Gasteiger partial charge is 0.317 e. The lowest BCUT2D eigenvalue weighted by Crippen LogP contribution is -2.30. The maximum atomic E-state index is 12.2. The fraction of sp³-hybridized carbons (Fsp3) is 0.250. The molecule has 0 aromatic heterocycles. The second-order valence-corrected chi connectivity index (χ2v) is 7.21. The van der Waals surface area contributed by atoms with E-state index in [9.17, 15) is 14.4 Å². The van der Waals surface area contributed by atoms with E-state index in [2.05, 4.69) is 5.32 Å². The van der Waals surface area contributed by atoms with Crippen LogP contribution in [-0.4, -0.2) is 42.9 Å². The number of nitrogens with two attached hydrogens (primary N) is 1. The van der Waals surface area contributed by atoms with Crippen molar-refractivity contribution in [1.29, 1.82) is 0 Å². The van der Waals surface area contributed by atoms with Gasteiger partial charge in [0.1, 0.15) is 13.2 Å². The highest BCUT2D eigenvalue weighted by atomic mass is 32.2. The number of primary amides is 1. The van der Waals surface area contributed by atoms with E-state index in [4.69, 9.17) is 19.9 Å². The fourth-order valence-corrected chi connectivity index (χ4v) is 3.21. The molecule has 0 radical (unpaired) electrons. The topological polar surface area (TPSA) is 117 Å². The van der Waals surface area contributed by atoms with Gasteiger partial charge >= 0.3 is 5.97 Å².